The van der Waals surface area contributed by atoms with Crippen LogP contribution in [-0.4, -0.2) is 11.1 Å². The van der Waals surface area contributed by atoms with Gasteiger partial charge in [0.2, 0.25) is 0 Å². The standard InChI is InChI=1S/C26H25NP.BrH/c1-4-14-24(15-5-1)28(25-16-6-2-7-17-25,26-18-8-3-9-19-26)21-11-13-23-12-10-20-27-22-23;/h1-10,12,14-20,22H,11,13,21H2;1H/q+1;/p-1. The molecule has 0 aliphatic rings. The molecule has 146 valence electrons. The van der Waals surface area contributed by atoms with Gasteiger partial charge >= 0.3 is 0 Å². The predicted octanol–water partition coefficient (Wildman–Crippen LogP) is 2.01. The number of pyridine rings is 1. The number of hydrogen-bond donors (Lipinski definition) is 0. The van der Waals surface area contributed by atoms with Gasteiger partial charge in [-0.25, -0.2) is 0 Å². The van der Waals surface area contributed by atoms with Gasteiger partial charge in [-0.3, -0.25) is 4.98 Å². The van der Waals surface area contributed by atoms with E-state index < -0.39 is 7.26 Å². The third-order valence-electron chi connectivity index (χ3n) is 5.27. The Balaban J connectivity index is 0.00000240. The smallest absolute Gasteiger partial charge is 0.112 e. The molecule has 0 saturated heterocycles. The molecule has 3 heteroatoms. The first-order valence-electron chi connectivity index (χ1n) is 9.83. The van der Waals surface area contributed by atoms with E-state index in [1.807, 2.05) is 18.5 Å². The fraction of sp³-hybridized carbons (Fsp3) is 0.115. The second-order valence-corrected chi connectivity index (χ2v) is 10.6. The van der Waals surface area contributed by atoms with E-state index in [4.69, 9.17) is 0 Å². The van der Waals surface area contributed by atoms with Gasteiger partial charge in [0, 0.05) is 12.4 Å². The fourth-order valence-corrected chi connectivity index (χ4v) is 8.29. The van der Waals surface area contributed by atoms with Crippen LogP contribution in [0.5, 0.6) is 0 Å². The Labute approximate surface area is 185 Å². The molecule has 4 rings (SSSR count). The molecule has 0 aliphatic heterocycles. The third kappa shape index (κ3) is 4.83. The van der Waals surface area contributed by atoms with Crippen LogP contribution in [0.4, 0.5) is 0 Å². The predicted molar refractivity (Wildman–Crippen MR) is 123 cm³/mol. The zero-order valence-corrected chi connectivity index (χ0v) is 18.8. The van der Waals surface area contributed by atoms with E-state index in [0.717, 1.165) is 19.0 Å². The van der Waals surface area contributed by atoms with Crippen LogP contribution in [0.2, 0.25) is 0 Å². The SMILES string of the molecule is [Br-].c1ccc([P+](CCCc2cccnc2)(c2ccccc2)c2ccccc2)cc1. The van der Waals surface area contributed by atoms with E-state index in [2.05, 4.69) is 102 Å². The molecule has 0 spiro atoms. The van der Waals surface area contributed by atoms with Gasteiger partial charge in [-0.2, -0.15) is 0 Å². The summed E-state index contributed by atoms with van der Waals surface area (Å²) in [5, 5.41) is 4.37. The minimum Gasteiger partial charge on any atom is -1.00 e. The van der Waals surface area contributed by atoms with E-state index in [-0.39, 0.29) is 17.0 Å². The largest absolute Gasteiger partial charge is 1.00 e. The molecule has 0 fully saturated rings. The molecule has 29 heavy (non-hydrogen) atoms. The summed E-state index contributed by atoms with van der Waals surface area (Å²) in [5.74, 6) is 0. The Morgan fingerprint density at radius 1 is 0.586 bits per heavy atom. The minimum absolute atomic E-state index is 0. The number of hydrogen-bond acceptors (Lipinski definition) is 1. The highest BCUT2D eigenvalue weighted by molar-refractivity contribution is 7.95. The Hall–Kier alpha value is -2.28. The van der Waals surface area contributed by atoms with Gasteiger partial charge in [0.05, 0.1) is 6.16 Å². The Morgan fingerprint density at radius 3 is 1.48 bits per heavy atom. The maximum atomic E-state index is 4.28. The molecule has 0 radical (unpaired) electrons. The van der Waals surface area contributed by atoms with Crippen molar-refractivity contribution in [2.45, 2.75) is 12.8 Å². The van der Waals surface area contributed by atoms with Crippen molar-refractivity contribution < 1.29 is 17.0 Å². The van der Waals surface area contributed by atoms with E-state index >= 15 is 0 Å². The van der Waals surface area contributed by atoms with Crippen LogP contribution in [0.25, 0.3) is 0 Å². The van der Waals surface area contributed by atoms with Crippen LogP contribution in [0.15, 0.2) is 116 Å². The molecule has 1 heterocycles. The first-order valence-corrected chi connectivity index (χ1v) is 11.8. The van der Waals surface area contributed by atoms with Gasteiger partial charge in [0.25, 0.3) is 0 Å². The van der Waals surface area contributed by atoms with Crippen molar-refractivity contribution >= 4 is 23.2 Å². The Kier molecular flexibility index (Phi) is 7.75. The summed E-state index contributed by atoms with van der Waals surface area (Å²) in [4.78, 5) is 4.28. The lowest BCUT2D eigenvalue weighted by molar-refractivity contribution is -0.00000550. The van der Waals surface area contributed by atoms with Crippen molar-refractivity contribution in [3.63, 3.8) is 0 Å². The summed E-state index contributed by atoms with van der Waals surface area (Å²) >= 11 is 0. The van der Waals surface area contributed by atoms with Gasteiger partial charge in [-0.15, -0.1) is 0 Å². The van der Waals surface area contributed by atoms with E-state index in [9.17, 15) is 0 Å². The van der Waals surface area contributed by atoms with Crippen LogP contribution < -0.4 is 32.9 Å². The number of aryl methyl sites for hydroxylation is 1. The third-order valence-corrected chi connectivity index (χ3v) is 9.80. The second kappa shape index (κ2) is 10.5. The van der Waals surface area contributed by atoms with Crippen molar-refractivity contribution in [2.75, 3.05) is 6.16 Å². The highest BCUT2D eigenvalue weighted by Gasteiger charge is 2.44. The first-order chi connectivity index (χ1) is 13.9. The van der Waals surface area contributed by atoms with Crippen molar-refractivity contribution in [1.29, 1.82) is 0 Å². The van der Waals surface area contributed by atoms with Crippen LogP contribution >= 0.6 is 7.26 Å². The molecule has 4 aromatic rings. The zero-order chi connectivity index (χ0) is 19.1. The van der Waals surface area contributed by atoms with Gasteiger partial charge in [-0.05, 0) is 60.9 Å². The summed E-state index contributed by atoms with van der Waals surface area (Å²) in [6.45, 7) is 0. The van der Waals surface area contributed by atoms with Crippen LogP contribution in [0.1, 0.15) is 12.0 Å². The van der Waals surface area contributed by atoms with Gasteiger partial charge in [-0.1, -0.05) is 60.7 Å². The summed E-state index contributed by atoms with van der Waals surface area (Å²) in [7, 11) is -1.71. The molecule has 0 aliphatic carbocycles. The lowest BCUT2D eigenvalue weighted by Crippen LogP contribution is -3.00. The maximum Gasteiger partial charge on any atom is 0.112 e. The molecule has 1 aromatic heterocycles. The average Bonchev–Trinajstić information content (AvgIpc) is 2.79. The molecule has 1 nitrogen and oxygen atoms in total. The lowest BCUT2D eigenvalue weighted by atomic mass is 10.2. The summed E-state index contributed by atoms with van der Waals surface area (Å²) < 4.78 is 0. The van der Waals surface area contributed by atoms with Crippen LogP contribution in [-0.2, 0) is 6.42 Å². The first kappa shape index (κ1) is 21.4. The van der Waals surface area contributed by atoms with Gasteiger partial charge in [0.15, 0.2) is 0 Å². The monoisotopic (exact) mass is 461 g/mol. The molecule has 0 unspecified atom stereocenters. The van der Waals surface area contributed by atoms with Gasteiger partial charge < -0.3 is 17.0 Å². The van der Waals surface area contributed by atoms with Crippen molar-refractivity contribution in [1.82, 2.24) is 4.98 Å². The maximum absolute atomic E-state index is 4.28. The number of benzene rings is 3. The molecule has 0 N–H and O–H groups in total. The van der Waals surface area contributed by atoms with Crippen molar-refractivity contribution in [2.24, 2.45) is 0 Å². The van der Waals surface area contributed by atoms with E-state index in [1.54, 1.807) is 0 Å². The number of aromatic nitrogens is 1. The molecule has 0 bridgehead atoms. The van der Waals surface area contributed by atoms with E-state index in [0.29, 0.717) is 0 Å². The minimum atomic E-state index is -1.71. The highest BCUT2D eigenvalue weighted by Crippen LogP contribution is 2.55. The summed E-state index contributed by atoms with van der Waals surface area (Å²) in [6.07, 6.45) is 7.19. The number of nitrogens with zero attached hydrogens (tertiary/aromatic N) is 1. The second-order valence-electron chi connectivity index (χ2n) is 7.00. The average molecular weight is 462 g/mol. The summed E-state index contributed by atoms with van der Waals surface area (Å²) in [6, 6.07) is 37.5. The molecule has 0 saturated carbocycles. The zero-order valence-electron chi connectivity index (χ0n) is 16.4. The van der Waals surface area contributed by atoms with E-state index in [1.165, 1.54) is 21.5 Å². The molecule has 0 atom stereocenters. The van der Waals surface area contributed by atoms with Gasteiger partial charge in [0.1, 0.15) is 23.2 Å². The lowest BCUT2D eigenvalue weighted by Gasteiger charge is -2.27. The topological polar surface area (TPSA) is 12.9 Å². The molecular formula is C26H25BrNP. The Bertz CT molecular complexity index is 879. The van der Waals surface area contributed by atoms with Crippen molar-refractivity contribution in [3.8, 4) is 0 Å². The molecule has 0 amide bonds. The van der Waals surface area contributed by atoms with Crippen molar-refractivity contribution in [3.05, 3.63) is 121 Å². The van der Waals surface area contributed by atoms with Crippen LogP contribution in [0, 0.1) is 0 Å². The molecule has 3 aromatic carbocycles. The summed E-state index contributed by atoms with van der Waals surface area (Å²) in [5.41, 5.74) is 1.31. The normalized spacial score (nSPS) is 10.9. The fourth-order valence-electron chi connectivity index (χ4n) is 3.95. The number of halogens is 1. The highest BCUT2D eigenvalue weighted by atomic mass is 79.9. The number of rotatable bonds is 7. The van der Waals surface area contributed by atoms with Crippen LogP contribution in [0.3, 0.4) is 0 Å². The quantitative estimate of drug-likeness (QED) is 0.383. The molecular weight excluding hydrogens is 437 g/mol. The Morgan fingerprint density at radius 2 is 1.07 bits per heavy atom.